The van der Waals surface area contributed by atoms with E-state index in [2.05, 4.69) is 5.32 Å². The number of benzene rings is 1. The van der Waals surface area contributed by atoms with Crippen LogP contribution in [0, 0.1) is 13.8 Å². The first-order valence-corrected chi connectivity index (χ1v) is 8.90. The van der Waals surface area contributed by atoms with Gasteiger partial charge < -0.3 is 9.88 Å². The number of nitrogens with one attached hydrogen (secondary N) is 1. The van der Waals surface area contributed by atoms with Crippen molar-refractivity contribution in [3.63, 3.8) is 0 Å². The van der Waals surface area contributed by atoms with Crippen LogP contribution in [0.15, 0.2) is 41.4 Å². The third kappa shape index (κ3) is 3.72. The fourth-order valence-corrected chi connectivity index (χ4v) is 3.51. The molecule has 0 saturated carbocycles. The third-order valence-electron chi connectivity index (χ3n) is 4.09. The summed E-state index contributed by atoms with van der Waals surface area (Å²) in [6.07, 6.45) is 3.51. The number of amides is 3. The molecule has 0 bridgehead atoms. The molecular weight excluding hydrogens is 350 g/mol. The minimum Gasteiger partial charge on any atom is -0.351 e. The Morgan fingerprint density at radius 3 is 2.65 bits per heavy atom. The zero-order chi connectivity index (χ0) is 18.8. The van der Waals surface area contributed by atoms with Gasteiger partial charge in [-0.25, -0.2) is 0 Å². The number of aryl methyl sites for hydroxylation is 3. The third-order valence-corrected chi connectivity index (χ3v) is 5.00. The summed E-state index contributed by atoms with van der Waals surface area (Å²) in [6.45, 7) is 3.56. The van der Waals surface area contributed by atoms with Gasteiger partial charge in [0, 0.05) is 24.6 Å². The molecule has 0 aliphatic carbocycles. The molecule has 0 atom stereocenters. The lowest BCUT2D eigenvalue weighted by atomic mass is 10.1. The average molecular weight is 369 g/mol. The maximum atomic E-state index is 12.5. The molecule has 1 saturated heterocycles. The maximum absolute atomic E-state index is 12.5. The molecule has 0 radical (unpaired) electrons. The predicted octanol–water partition coefficient (Wildman–Crippen LogP) is 3.32. The van der Waals surface area contributed by atoms with Crippen LogP contribution in [0.4, 0.5) is 10.5 Å². The van der Waals surface area contributed by atoms with Crippen molar-refractivity contribution >= 4 is 40.6 Å². The number of nitrogens with zero attached hydrogens (tertiary/aromatic N) is 2. The van der Waals surface area contributed by atoms with Crippen LogP contribution in [-0.2, 0) is 16.6 Å². The second kappa shape index (κ2) is 7.21. The molecular formula is C19H19N3O3S. The summed E-state index contributed by atoms with van der Waals surface area (Å²) < 4.78 is 1.85. The van der Waals surface area contributed by atoms with Gasteiger partial charge in [-0.2, -0.15) is 0 Å². The first-order valence-electron chi connectivity index (χ1n) is 8.09. The van der Waals surface area contributed by atoms with Crippen molar-refractivity contribution in [3.05, 3.63) is 58.3 Å². The van der Waals surface area contributed by atoms with Crippen LogP contribution in [0.25, 0.3) is 6.08 Å². The molecule has 1 aromatic carbocycles. The van der Waals surface area contributed by atoms with Gasteiger partial charge in [0.15, 0.2) is 0 Å². The van der Waals surface area contributed by atoms with Gasteiger partial charge in [0.2, 0.25) is 5.91 Å². The Bertz CT molecular complexity index is 930. The molecule has 3 rings (SSSR count). The Morgan fingerprint density at radius 2 is 2.00 bits per heavy atom. The van der Waals surface area contributed by atoms with Crippen molar-refractivity contribution in [3.8, 4) is 0 Å². The Labute approximate surface area is 155 Å². The van der Waals surface area contributed by atoms with Crippen molar-refractivity contribution in [2.24, 2.45) is 7.05 Å². The number of hydrogen-bond donors (Lipinski definition) is 1. The average Bonchev–Trinajstić information content (AvgIpc) is 3.09. The van der Waals surface area contributed by atoms with E-state index in [1.165, 1.54) is 0 Å². The van der Waals surface area contributed by atoms with E-state index < -0.39 is 17.1 Å². The van der Waals surface area contributed by atoms with Crippen LogP contribution in [0.3, 0.4) is 0 Å². The van der Waals surface area contributed by atoms with E-state index in [4.69, 9.17) is 0 Å². The number of carbonyl (C=O) groups is 3. The molecule has 134 valence electrons. The summed E-state index contributed by atoms with van der Waals surface area (Å²) >= 11 is 0.847. The lowest BCUT2D eigenvalue weighted by molar-refractivity contribution is -0.127. The molecule has 7 heteroatoms. The first kappa shape index (κ1) is 18.0. The van der Waals surface area contributed by atoms with E-state index in [9.17, 15) is 14.4 Å². The van der Waals surface area contributed by atoms with Crippen LogP contribution in [-0.4, -0.2) is 33.1 Å². The molecule has 1 aliphatic rings. The largest absolute Gasteiger partial charge is 0.351 e. The molecule has 1 fully saturated rings. The van der Waals surface area contributed by atoms with Crippen molar-refractivity contribution in [1.82, 2.24) is 9.47 Å². The van der Waals surface area contributed by atoms with Gasteiger partial charge in [-0.1, -0.05) is 17.7 Å². The topological polar surface area (TPSA) is 71.4 Å². The summed E-state index contributed by atoms with van der Waals surface area (Å²) in [4.78, 5) is 38.2. The first-order chi connectivity index (χ1) is 12.3. The molecule has 6 nitrogen and oxygen atoms in total. The molecule has 3 amide bonds. The molecule has 2 heterocycles. The summed E-state index contributed by atoms with van der Waals surface area (Å²) in [7, 11) is 1.85. The van der Waals surface area contributed by atoms with Gasteiger partial charge in [0.1, 0.15) is 6.54 Å². The normalized spacial score (nSPS) is 15.8. The van der Waals surface area contributed by atoms with Crippen LogP contribution in [0.1, 0.15) is 16.8 Å². The molecule has 26 heavy (non-hydrogen) atoms. The van der Waals surface area contributed by atoms with E-state index in [1.54, 1.807) is 6.08 Å². The Balaban J connectivity index is 1.70. The molecule has 0 unspecified atom stereocenters. The van der Waals surface area contributed by atoms with Crippen LogP contribution in [0.5, 0.6) is 0 Å². The quantitative estimate of drug-likeness (QED) is 0.840. The summed E-state index contributed by atoms with van der Waals surface area (Å²) in [5.74, 6) is -0.851. The standard InChI is InChI=1S/C19H19N3O3S/c1-12-6-7-15(13(2)9-12)20-17(23)11-22-18(24)16(26-19(22)25)10-14-5-4-8-21(14)3/h4-10H,11H2,1-3H3,(H,20,23)/b16-10+. The van der Waals surface area contributed by atoms with Crippen LogP contribution >= 0.6 is 11.8 Å². The van der Waals surface area contributed by atoms with Gasteiger partial charge in [0.25, 0.3) is 11.1 Å². The zero-order valence-electron chi connectivity index (χ0n) is 14.8. The number of hydrogen-bond acceptors (Lipinski definition) is 4. The van der Waals surface area contributed by atoms with E-state index in [1.807, 2.05) is 62.0 Å². The molecule has 0 spiro atoms. The number of anilines is 1. The summed E-state index contributed by atoms with van der Waals surface area (Å²) in [5, 5.41) is 2.32. The van der Waals surface area contributed by atoms with Gasteiger partial charge in [-0.15, -0.1) is 0 Å². The second-order valence-corrected chi connectivity index (χ2v) is 7.17. The summed E-state index contributed by atoms with van der Waals surface area (Å²) in [6, 6.07) is 9.36. The number of carbonyl (C=O) groups excluding carboxylic acids is 3. The van der Waals surface area contributed by atoms with Gasteiger partial charge >= 0.3 is 0 Å². The van der Waals surface area contributed by atoms with Gasteiger partial charge in [0.05, 0.1) is 4.91 Å². The molecule has 1 aromatic heterocycles. The Kier molecular flexibility index (Phi) is 4.99. The highest BCUT2D eigenvalue weighted by atomic mass is 32.2. The fraction of sp³-hybridized carbons (Fsp3) is 0.211. The number of imide groups is 1. The minimum atomic E-state index is -0.447. The molecule has 2 aromatic rings. The highest BCUT2D eigenvalue weighted by molar-refractivity contribution is 8.18. The van der Waals surface area contributed by atoms with Crippen LogP contribution < -0.4 is 5.32 Å². The fourth-order valence-electron chi connectivity index (χ4n) is 2.68. The van der Waals surface area contributed by atoms with E-state index in [0.29, 0.717) is 10.6 Å². The predicted molar refractivity (Wildman–Crippen MR) is 103 cm³/mol. The monoisotopic (exact) mass is 369 g/mol. The van der Waals surface area contributed by atoms with E-state index in [0.717, 1.165) is 33.5 Å². The SMILES string of the molecule is Cc1ccc(NC(=O)CN2C(=O)S/C(=C/c3cccn3C)C2=O)c(C)c1. The van der Waals surface area contributed by atoms with Gasteiger partial charge in [-0.3, -0.25) is 19.3 Å². The van der Waals surface area contributed by atoms with Crippen molar-refractivity contribution < 1.29 is 14.4 Å². The Morgan fingerprint density at radius 1 is 1.23 bits per heavy atom. The van der Waals surface area contributed by atoms with E-state index >= 15 is 0 Å². The highest BCUT2D eigenvalue weighted by Crippen LogP contribution is 2.32. The highest BCUT2D eigenvalue weighted by Gasteiger charge is 2.36. The molecule has 1 N–H and O–H groups in total. The number of aromatic nitrogens is 1. The van der Waals surface area contributed by atoms with Crippen molar-refractivity contribution in [2.45, 2.75) is 13.8 Å². The number of thioether (sulfide) groups is 1. The lowest BCUT2D eigenvalue weighted by Crippen LogP contribution is -2.36. The summed E-state index contributed by atoms with van der Waals surface area (Å²) in [5.41, 5.74) is 3.51. The molecule has 1 aliphatic heterocycles. The smallest absolute Gasteiger partial charge is 0.294 e. The second-order valence-electron chi connectivity index (χ2n) is 6.18. The van der Waals surface area contributed by atoms with Crippen LogP contribution in [0.2, 0.25) is 0 Å². The van der Waals surface area contributed by atoms with Crippen molar-refractivity contribution in [1.29, 1.82) is 0 Å². The van der Waals surface area contributed by atoms with Gasteiger partial charge in [-0.05, 0) is 55.4 Å². The zero-order valence-corrected chi connectivity index (χ0v) is 15.6. The minimum absolute atomic E-state index is 0.303. The number of rotatable bonds is 4. The van der Waals surface area contributed by atoms with E-state index in [-0.39, 0.29) is 6.54 Å². The lowest BCUT2D eigenvalue weighted by Gasteiger charge is -2.14. The Hall–Kier alpha value is -2.80. The van der Waals surface area contributed by atoms with Crippen molar-refractivity contribution in [2.75, 3.05) is 11.9 Å². The maximum Gasteiger partial charge on any atom is 0.294 e.